The van der Waals surface area contributed by atoms with Gasteiger partial charge in [-0.05, 0) is 103 Å². The third-order valence-electron chi connectivity index (χ3n) is 9.97. The van der Waals surface area contributed by atoms with Gasteiger partial charge in [0.15, 0.2) is 0 Å². The number of hydrogen-bond donors (Lipinski definition) is 1. The molecule has 2 heteroatoms. The van der Waals surface area contributed by atoms with Gasteiger partial charge in [0.2, 0.25) is 0 Å². The van der Waals surface area contributed by atoms with E-state index in [-0.39, 0.29) is 6.04 Å². The van der Waals surface area contributed by atoms with Gasteiger partial charge in [-0.25, -0.2) is 0 Å². The lowest BCUT2D eigenvalue weighted by Gasteiger charge is -2.35. The minimum absolute atomic E-state index is 0.170. The Bertz CT molecular complexity index is 2050. The molecule has 220 valence electrons. The van der Waals surface area contributed by atoms with Crippen molar-refractivity contribution in [2.45, 2.75) is 38.6 Å². The highest BCUT2D eigenvalue weighted by Gasteiger charge is 2.33. The molecule has 3 aromatic carbocycles. The second-order valence-electron chi connectivity index (χ2n) is 12.9. The molecule has 4 aliphatic rings. The van der Waals surface area contributed by atoms with E-state index in [1.165, 1.54) is 66.1 Å². The van der Waals surface area contributed by atoms with Crippen LogP contribution in [0.3, 0.4) is 0 Å². The van der Waals surface area contributed by atoms with E-state index in [0.29, 0.717) is 17.8 Å². The zero-order chi connectivity index (χ0) is 30.3. The van der Waals surface area contributed by atoms with Crippen molar-refractivity contribution in [2.75, 3.05) is 0 Å². The summed E-state index contributed by atoms with van der Waals surface area (Å²) in [6.45, 7) is 4.53. The van der Waals surface area contributed by atoms with Crippen LogP contribution in [-0.4, -0.2) is 4.98 Å². The maximum atomic E-state index is 4.16. The highest BCUT2D eigenvalue weighted by molar-refractivity contribution is 5.86. The number of nitrogens with zero attached hydrogens (tertiary/aromatic N) is 1. The predicted octanol–water partition coefficient (Wildman–Crippen LogP) is 8.20. The van der Waals surface area contributed by atoms with Gasteiger partial charge in [-0.1, -0.05) is 117 Å². The van der Waals surface area contributed by atoms with Crippen LogP contribution in [0, 0.1) is 11.8 Å². The number of fused-ring (bicyclic) bond motifs is 3. The number of aryl methyl sites for hydroxylation is 1. The van der Waals surface area contributed by atoms with Crippen molar-refractivity contribution in [3.05, 3.63) is 183 Å². The number of nitrogens with one attached hydrogen (secondary N) is 1. The lowest BCUT2D eigenvalue weighted by Crippen LogP contribution is -2.40. The van der Waals surface area contributed by atoms with Gasteiger partial charge in [-0.15, -0.1) is 0 Å². The number of rotatable bonds is 5. The van der Waals surface area contributed by atoms with Gasteiger partial charge in [0, 0.05) is 30.4 Å². The van der Waals surface area contributed by atoms with Gasteiger partial charge >= 0.3 is 0 Å². The second kappa shape index (κ2) is 11.5. The molecular weight excluding hydrogens is 544 g/mol. The highest BCUT2D eigenvalue weighted by atomic mass is 14.9. The normalized spacial score (nSPS) is 21.4. The molecule has 45 heavy (non-hydrogen) atoms. The maximum Gasteiger partial charge on any atom is 0.0697 e. The second-order valence-corrected chi connectivity index (χ2v) is 12.9. The molecule has 1 aliphatic heterocycles. The number of allylic oxidation sites excluding steroid dienone is 7. The highest BCUT2D eigenvalue weighted by Crippen LogP contribution is 2.43. The van der Waals surface area contributed by atoms with E-state index in [1.54, 1.807) is 0 Å². The van der Waals surface area contributed by atoms with Gasteiger partial charge in [-0.3, -0.25) is 4.98 Å². The van der Waals surface area contributed by atoms with E-state index in [4.69, 9.17) is 0 Å². The largest absolute Gasteiger partial charge is 0.380 e. The van der Waals surface area contributed by atoms with Crippen molar-refractivity contribution in [1.82, 2.24) is 10.3 Å². The number of aromatic nitrogens is 1. The van der Waals surface area contributed by atoms with Crippen molar-refractivity contribution < 1.29 is 0 Å². The van der Waals surface area contributed by atoms with Gasteiger partial charge in [0.1, 0.15) is 0 Å². The molecule has 0 bridgehead atoms. The first-order valence-electron chi connectivity index (χ1n) is 16.3. The minimum Gasteiger partial charge on any atom is -0.380 e. The lowest BCUT2D eigenvalue weighted by molar-refractivity contribution is 0.679. The minimum atomic E-state index is 0.170. The van der Waals surface area contributed by atoms with E-state index in [2.05, 4.69) is 152 Å². The Morgan fingerprint density at radius 3 is 2.16 bits per heavy atom. The Hall–Kier alpha value is -4.95. The third-order valence-corrected chi connectivity index (χ3v) is 9.97. The summed E-state index contributed by atoms with van der Waals surface area (Å²) in [5.41, 5.74) is 13.6. The average Bonchev–Trinajstić information content (AvgIpc) is 3.10. The van der Waals surface area contributed by atoms with Crippen LogP contribution in [0.25, 0.3) is 22.8 Å². The molecule has 1 N–H and O–H groups in total. The van der Waals surface area contributed by atoms with Gasteiger partial charge in [0.25, 0.3) is 0 Å². The van der Waals surface area contributed by atoms with Crippen LogP contribution in [-0.2, 0) is 6.42 Å². The molecule has 0 spiro atoms. The standard InChI is InChI=1S/C43H38N2/c1-28(2)29-11-15-32(16-12-29)42-37-7-3-5-9-39(37)43(40-10-6-4-8-38(40)42)34-18-14-30-13-17-33(25-36(30)26-34)35-19-20-41(45-27-35)31-21-23-44-24-22-31/h3-13,15-17,19-28,37,39,41,45H,14,18H2,1-2H3. The fraction of sp³-hybridized carbons (Fsp3) is 0.186. The average molecular weight is 583 g/mol. The van der Waals surface area contributed by atoms with Crippen LogP contribution in [0.5, 0.6) is 0 Å². The van der Waals surface area contributed by atoms with Crippen molar-refractivity contribution >= 4 is 22.8 Å². The van der Waals surface area contributed by atoms with Crippen molar-refractivity contribution in [2.24, 2.45) is 11.8 Å². The van der Waals surface area contributed by atoms with Crippen LogP contribution in [0.4, 0.5) is 0 Å². The number of dihydropyridines is 1. The van der Waals surface area contributed by atoms with E-state index < -0.39 is 0 Å². The molecule has 0 radical (unpaired) electrons. The summed E-state index contributed by atoms with van der Waals surface area (Å²) in [5.74, 6) is 1.16. The molecule has 8 rings (SSSR count). The molecular formula is C43H38N2. The molecule has 0 saturated carbocycles. The molecule has 0 amide bonds. The van der Waals surface area contributed by atoms with E-state index in [9.17, 15) is 0 Å². The molecule has 3 aliphatic carbocycles. The Morgan fingerprint density at radius 2 is 1.44 bits per heavy atom. The van der Waals surface area contributed by atoms with Crippen molar-refractivity contribution in [1.29, 1.82) is 0 Å². The Labute approximate surface area is 266 Å². The van der Waals surface area contributed by atoms with E-state index in [1.807, 2.05) is 12.4 Å². The molecule has 2 heterocycles. The first-order valence-corrected chi connectivity index (χ1v) is 16.3. The third kappa shape index (κ3) is 5.05. The fourth-order valence-electron chi connectivity index (χ4n) is 7.57. The maximum absolute atomic E-state index is 4.16. The topological polar surface area (TPSA) is 24.9 Å². The van der Waals surface area contributed by atoms with Crippen LogP contribution in [0.2, 0.25) is 0 Å². The summed E-state index contributed by atoms with van der Waals surface area (Å²) < 4.78 is 0. The number of benzene rings is 3. The smallest absolute Gasteiger partial charge is 0.0697 e. The SMILES string of the molecule is CC(C)c1ccc(C2=c3ccccc3=C(C3=Cc4cc(C5=CNC(c6ccncc6)C=C5)ccc4CC3)C3C=CC=CC23)cc1. The summed E-state index contributed by atoms with van der Waals surface area (Å²) in [4.78, 5) is 4.16. The quantitative estimate of drug-likeness (QED) is 0.257. The number of hydrogen-bond acceptors (Lipinski definition) is 2. The van der Waals surface area contributed by atoms with Crippen LogP contribution >= 0.6 is 0 Å². The zero-order valence-corrected chi connectivity index (χ0v) is 25.9. The van der Waals surface area contributed by atoms with E-state index >= 15 is 0 Å². The molecule has 0 saturated heterocycles. The van der Waals surface area contributed by atoms with Gasteiger partial charge in [-0.2, -0.15) is 0 Å². The lowest BCUT2D eigenvalue weighted by atomic mass is 9.68. The van der Waals surface area contributed by atoms with Crippen LogP contribution < -0.4 is 15.8 Å². The molecule has 1 aromatic heterocycles. The predicted molar refractivity (Wildman–Crippen MR) is 187 cm³/mol. The van der Waals surface area contributed by atoms with Crippen LogP contribution in [0.1, 0.15) is 65.6 Å². The summed E-state index contributed by atoms with van der Waals surface area (Å²) in [6.07, 6.45) is 24.3. The summed E-state index contributed by atoms with van der Waals surface area (Å²) in [6, 6.07) is 29.7. The monoisotopic (exact) mass is 582 g/mol. The summed E-state index contributed by atoms with van der Waals surface area (Å²) >= 11 is 0. The molecule has 2 nitrogen and oxygen atoms in total. The molecule has 3 atom stereocenters. The number of pyridine rings is 1. The first kappa shape index (κ1) is 27.6. The Morgan fingerprint density at radius 1 is 0.733 bits per heavy atom. The summed E-state index contributed by atoms with van der Waals surface area (Å²) in [5, 5.41) is 6.34. The Balaban J connectivity index is 1.21. The molecule has 0 fully saturated rings. The fourth-order valence-corrected chi connectivity index (χ4v) is 7.57. The zero-order valence-electron chi connectivity index (χ0n) is 25.9. The Kier molecular flexibility index (Phi) is 7.06. The first-order chi connectivity index (χ1) is 22.1. The van der Waals surface area contributed by atoms with Crippen LogP contribution in [0.15, 0.2) is 139 Å². The molecule has 4 aromatic rings. The molecule has 3 unspecified atom stereocenters. The van der Waals surface area contributed by atoms with E-state index in [0.717, 1.165) is 12.8 Å². The summed E-state index contributed by atoms with van der Waals surface area (Å²) in [7, 11) is 0. The van der Waals surface area contributed by atoms with Crippen molar-refractivity contribution in [3.8, 4) is 0 Å². The van der Waals surface area contributed by atoms with Crippen molar-refractivity contribution in [3.63, 3.8) is 0 Å². The van der Waals surface area contributed by atoms with Gasteiger partial charge in [0.05, 0.1) is 6.04 Å². The van der Waals surface area contributed by atoms with Gasteiger partial charge < -0.3 is 5.32 Å².